The normalized spacial score (nSPS) is 22.1. The number of aliphatic imine (C=N–C) groups is 1. The SMILES string of the molecule is CC(=O)C1=C2C[C@H](N)CN2C(c2nccs2)=N[C@H]1c1ccc(F)c(F)c1F. The summed E-state index contributed by atoms with van der Waals surface area (Å²) in [7, 11) is 0. The molecule has 140 valence electrons. The third-order valence-electron chi connectivity index (χ3n) is 4.65. The smallest absolute Gasteiger partial charge is 0.194 e. The van der Waals surface area contributed by atoms with Gasteiger partial charge < -0.3 is 10.6 Å². The van der Waals surface area contributed by atoms with Gasteiger partial charge in [0.05, 0.1) is 0 Å². The van der Waals surface area contributed by atoms with E-state index in [0.717, 1.165) is 12.1 Å². The number of rotatable bonds is 3. The number of hydrogen-bond acceptors (Lipinski definition) is 6. The number of carbonyl (C=O) groups excluding carboxylic acids is 1. The van der Waals surface area contributed by atoms with E-state index in [4.69, 9.17) is 5.73 Å². The van der Waals surface area contributed by atoms with E-state index in [2.05, 4.69) is 9.98 Å². The molecular formula is C18H15F3N4OS. The molecule has 0 spiro atoms. The van der Waals surface area contributed by atoms with E-state index in [1.807, 2.05) is 4.90 Å². The van der Waals surface area contributed by atoms with E-state index in [-0.39, 0.29) is 23.0 Å². The minimum Gasteiger partial charge on any atom is -0.326 e. The van der Waals surface area contributed by atoms with Crippen LogP contribution in [0.5, 0.6) is 0 Å². The van der Waals surface area contributed by atoms with Crippen LogP contribution >= 0.6 is 11.3 Å². The molecule has 0 amide bonds. The maximum absolute atomic E-state index is 14.5. The Bertz CT molecular complexity index is 987. The van der Waals surface area contributed by atoms with Gasteiger partial charge in [0.25, 0.3) is 0 Å². The average Bonchev–Trinajstić information content (AvgIpc) is 3.27. The predicted octanol–water partition coefficient (Wildman–Crippen LogP) is 2.94. The van der Waals surface area contributed by atoms with Gasteiger partial charge in [-0.15, -0.1) is 11.3 Å². The summed E-state index contributed by atoms with van der Waals surface area (Å²) in [6, 6.07) is 0.637. The molecule has 3 heterocycles. The fourth-order valence-electron chi connectivity index (χ4n) is 3.53. The minimum atomic E-state index is -1.59. The Balaban J connectivity index is 1.95. The molecule has 0 radical (unpaired) electrons. The maximum Gasteiger partial charge on any atom is 0.194 e. The number of aromatic nitrogens is 1. The number of nitrogens with zero attached hydrogens (tertiary/aromatic N) is 3. The van der Waals surface area contributed by atoms with Gasteiger partial charge in [0.1, 0.15) is 6.04 Å². The van der Waals surface area contributed by atoms with Crippen LogP contribution < -0.4 is 5.73 Å². The van der Waals surface area contributed by atoms with Crippen molar-refractivity contribution < 1.29 is 18.0 Å². The zero-order valence-corrected chi connectivity index (χ0v) is 15.1. The molecule has 1 aromatic heterocycles. The van der Waals surface area contributed by atoms with Crippen LogP contribution in [0.4, 0.5) is 13.2 Å². The summed E-state index contributed by atoms with van der Waals surface area (Å²) in [6.07, 6.45) is 2.01. The second-order valence-corrected chi connectivity index (χ2v) is 7.34. The van der Waals surface area contributed by atoms with Gasteiger partial charge in [-0.3, -0.25) is 9.79 Å². The van der Waals surface area contributed by atoms with E-state index in [1.54, 1.807) is 11.6 Å². The number of carbonyl (C=O) groups is 1. The van der Waals surface area contributed by atoms with Gasteiger partial charge in [-0.2, -0.15) is 0 Å². The van der Waals surface area contributed by atoms with Gasteiger partial charge in [-0.25, -0.2) is 18.2 Å². The third kappa shape index (κ3) is 2.87. The standard InChI is InChI=1S/C18H15F3N4OS/c1-8(26)13-12-6-9(22)7-25(12)17(18-23-4-5-27-18)24-16(13)10-2-3-11(19)15(21)14(10)20/h2-5,9,16H,6-7,22H2,1H3/t9-,16-/m0/s1. The molecule has 2 N–H and O–H groups in total. The minimum absolute atomic E-state index is 0.194. The lowest BCUT2D eigenvalue weighted by atomic mass is 9.91. The van der Waals surface area contributed by atoms with Crippen molar-refractivity contribution in [1.29, 1.82) is 0 Å². The zero-order valence-electron chi connectivity index (χ0n) is 14.2. The Morgan fingerprint density at radius 3 is 2.74 bits per heavy atom. The lowest BCUT2D eigenvalue weighted by Gasteiger charge is -2.31. The van der Waals surface area contributed by atoms with Crippen molar-refractivity contribution in [2.45, 2.75) is 25.4 Å². The molecule has 9 heteroatoms. The first-order valence-corrected chi connectivity index (χ1v) is 9.14. The molecule has 2 aliphatic rings. The summed E-state index contributed by atoms with van der Waals surface area (Å²) >= 11 is 1.34. The second kappa shape index (κ2) is 6.58. The number of nitrogens with two attached hydrogens (primary N) is 1. The van der Waals surface area contributed by atoms with Crippen LogP contribution in [-0.2, 0) is 4.79 Å². The monoisotopic (exact) mass is 392 g/mol. The first-order valence-electron chi connectivity index (χ1n) is 8.26. The van der Waals surface area contributed by atoms with Gasteiger partial charge in [0.15, 0.2) is 34.1 Å². The topological polar surface area (TPSA) is 71.6 Å². The summed E-state index contributed by atoms with van der Waals surface area (Å²) in [5.74, 6) is -4.10. The summed E-state index contributed by atoms with van der Waals surface area (Å²) < 4.78 is 41.7. The fourth-order valence-corrected chi connectivity index (χ4v) is 4.17. The van der Waals surface area contributed by atoms with Crippen molar-refractivity contribution in [1.82, 2.24) is 9.88 Å². The fraction of sp³-hybridized carbons (Fsp3) is 0.278. The zero-order chi connectivity index (χ0) is 19.3. The molecule has 2 aliphatic heterocycles. The van der Waals surface area contributed by atoms with Crippen LogP contribution in [0.25, 0.3) is 0 Å². The summed E-state index contributed by atoms with van der Waals surface area (Å²) in [6.45, 7) is 1.79. The molecule has 0 saturated carbocycles. The molecule has 1 aromatic carbocycles. The number of amidine groups is 1. The molecule has 0 bridgehead atoms. The first kappa shape index (κ1) is 17.9. The molecule has 27 heavy (non-hydrogen) atoms. The number of thiazole rings is 1. The Labute approximate surface area is 157 Å². The highest BCUT2D eigenvalue weighted by Crippen LogP contribution is 2.41. The third-order valence-corrected chi connectivity index (χ3v) is 5.42. The molecular weight excluding hydrogens is 377 g/mol. The van der Waals surface area contributed by atoms with E-state index in [1.165, 1.54) is 18.3 Å². The van der Waals surface area contributed by atoms with E-state index < -0.39 is 23.5 Å². The Morgan fingerprint density at radius 1 is 1.30 bits per heavy atom. The van der Waals surface area contributed by atoms with Gasteiger partial charge in [-0.1, -0.05) is 6.07 Å². The molecule has 0 unspecified atom stereocenters. The number of ketones is 1. The molecule has 2 atom stereocenters. The van der Waals surface area contributed by atoms with Crippen LogP contribution in [-0.4, -0.2) is 34.1 Å². The van der Waals surface area contributed by atoms with Gasteiger partial charge >= 0.3 is 0 Å². The summed E-state index contributed by atoms with van der Waals surface area (Å²) in [5, 5.41) is 2.35. The number of Topliss-reactive ketones (excluding diaryl/α,β-unsaturated/α-hetero) is 1. The highest BCUT2D eigenvalue weighted by Gasteiger charge is 2.40. The van der Waals surface area contributed by atoms with Crippen molar-refractivity contribution >= 4 is 23.0 Å². The largest absolute Gasteiger partial charge is 0.326 e. The number of halogens is 3. The molecule has 1 fully saturated rings. The number of hydrogen-bond donors (Lipinski definition) is 1. The Morgan fingerprint density at radius 2 is 2.07 bits per heavy atom. The van der Waals surface area contributed by atoms with Gasteiger partial charge in [-0.05, 0) is 13.0 Å². The number of fused-ring (bicyclic) bond motifs is 1. The molecule has 2 aromatic rings. The van der Waals surface area contributed by atoms with Crippen LogP contribution in [0.1, 0.15) is 30.0 Å². The molecule has 5 nitrogen and oxygen atoms in total. The van der Waals surface area contributed by atoms with Crippen molar-refractivity contribution in [3.8, 4) is 0 Å². The molecule has 0 aliphatic carbocycles. The van der Waals surface area contributed by atoms with Crippen molar-refractivity contribution in [2.75, 3.05) is 6.54 Å². The Kier molecular flexibility index (Phi) is 4.35. The maximum atomic E-state index is 14.5. The Hall–Kier alpha value is -2.52. The predicted molar refractivity (Wildman–Crippen MR) is 94.7 cm³/mol. The van der Waals surface area contributed by atoms with Crippen LogP contribution in [0.15, 0.2) is 40.0 Å². The lowest BCUT2D eigenvalue weighted by molar-refractivity contribution is -0.114. The average molecular weight is 392 g/mol. The van der Waals surface area contributed by atoms with Gasteiger partial charge in [0.2, 0.25) is 0 Å². The number of benzene rings is 1. The molecule has 4 rings (SSSR count). The lowest BCUT2D eigenvalue weighted by Crippen LogP contribution is -2.36. The van der Waals surface area contributed by atoms with Crippen LogP contribution in [0.3, 0.4) is 0 Å². The summed E-state index contributed by atoms with van der Waals surface area (Å²) in [5.41, 5.74) is 6.77. The van der Waals surface area contributed by atoms with E-state index in [0.29, 0.717) is 29.5 Å². The highest BCUT2D eigenvalue weighted by molar-refractivity contribution is 7.11. The highest BCUT2D eigenvalue weighted by atomic mass is 32.1. The first-order chi connectivity index (χ1) is 12.9. The van der Waals surface area contributed by atoms with Crippen molar-refractivity contribution in [3.05, 3.63) is 63.0 Å². The van der Waals surface area contributed by atoms with Crippen LogP contribution in [0.2, 0.25) is 0 Å². The van der Waals surface area contributed by atoms with E-state index in [9.17, 15) is 18.0 Å². The summed E-state index contributed by atoms with van der Waals surface area (Å²) in [4.78, 5) is 23.0. The van der Waals surface area contributed by atoms with Crippen molar-refractivity contribution in [3.63, 3.8) is 0 Å². The van der Waals surface area contributed by atoms with Crippen molar-refractivity contribution in [2.24, 2.45) is 10.7 Å². The second-order valence-electron chi connectivity index (χ2n) is 6.45. The van der Waals surface area contributed by atoms with Crippen LogP contribution in [0, 0.1) is 17.5 Å². The van der Waals surface area contributed by atoms with E-state index >= 15 is 0 Å². The molecule has 1 saturated heterocycles. The van der Waals surface area contributed by atoms with Gasteiger partial charge in [0, 0.05) is 47.4 Å². The quantitative estimate of drug-likeness (QED) is 0.816.